The molecule has 1 heterocycles. The molecule has 0 spiro atoms. The zero-order valence-electron chi connectivity index (χ0n) is 13.8. The minimum atomic E-state index is -0.807. The second-order valence-corrected chi connectivity index (χ2v) is 5.74. The molecule has 0 saturated carbocycles. The van der Waals surface area contributed by atoms with E-state index in [1.165, 1.54) is 12.1 Å². The summed E-state index contributed by atoms with van der Waals surface area (Å²) >= 11 is 1.08. The smallest absolute Gasteiger partial charge is 0.415 e. The monoisotopic (exact) mass is 369 g/mol. The van der Waals surface area contributed by atoms with Crippen LogP contribution >= 0.6 is 11.3 Å². The van der Waals surface area contributed by atoms with E-state index >= 15 is 0 Å². The Morgan fingerprint density at radius 2 is 1.72 bits per heavy atom. The number of thiophene rings is 1. The third-order valence-corrected chi connectivity index (χ3v) is 4.19. The first-order valence-corrected chi connectivity index (χ1v) is 8.49. The number of rotatable bonds is 6. The Labute approximate surface area is 147 Å². The van der Waals surface area contributed by atoms with Crippen LogP contribution in [0.3, 0.4) is 0 Å². The molecule has 0 atom stereocenters. The predicted molar refractivity (Wildman–Crippen MR) is 89.8 cm³/mol. The van der Waals surface area contributed by atoms with E-state index in [-0.39, 0.29) is 29.3 Å². The first-order valence-electron chi connectivity index (χ1n) is 7.61. The second-order valence-electron chi connectivity index (χ2n) is 4.85. The van der Waals surface area contributed by atoms with Crippen molar-refractivity contribution >= 4 is 28.4 Å². The molecule has 8 heteroatoms. The summed E-state index contributed by atoms with van der Waals surface area (Å²) in [5.41, 5.74) is -0.157. The zero-order chi connectivity index (χ0) is 18.4. The highest BCUT2D eigenvalue weighted by molar-refractivity contribution is 7.14. The van der Waals surface area contributed by atoms with Crippen molar-refractivity contribution in [2.75, 3.05) is 18.1 Å². The highest BCUT2D eigenvalue weighted by Gasteiger charge is 2.27. The van der Waals surface area contributed by atoms with Crippen LogP contribution in [0, 0.1) is 11.6 Å². The molecule has 0 unspecified atom stereocenters. The fourth-order valence-electron chi connectivity index (χ4n) is 2.14. The van der Waals surface area contributed by atoms with E-state index in [1.54, 1.807) is 19.2 Å². The van der Waals surface area contributed by atoms with Crippen LogP contribution in [-0.4, -0.2) is 25.3 Å². The number of nitrogens with zero attached hydrogens (tertiary/aromatic N) is 1. The maximum absolute atomic E-state index is 14.0. The van der Waals surface area contributed by atoms with Gasteiger partial charge >= 0.3 is 12.1 Å². The Kier molecular flexibility index (Phi) is 6.46. The number of carbonyl (C=O) groups is 2. The number of benzene rings is 1. The van der Waals surface area contributed by atoms with Crippen molar-refractivity contribution in [3.63, 3.8) is 0 Å². The number of carbonyl (C=O) groups excluding carboxylic acids is 2. The molecule has 25 heavy (non-hydrogen) atoms. The van der Waals surface area contributed by atoms with Crippen molar-refractivity contribution in [2.24, 2.45) is 0 Å². The fourth-order valence-corrected chi connectivity index (χ4v) is 3.01. The summed E-state index contributed by atoms with van der Waals surface area (Å²) in [6, 6.07) is 4.92. The number of amides is 1. The van der Waals surface area contributed by atoms with Crippen molar-refractivity contribution < 1.29 is 27.8 Å². The van der Waals surface area contributed by atoms with Crippen LogP contribution in [0.15, 0.2) is 29.6 Å². The molecule has 0 fully saturated rings. The molecule has 0 bridgehead atoms. The lowest BCUT2D eigenvalue weighted by Gasteiger charge is -2.22. The minimum Gasteiger partial charge on any atom is -0.462 e. The molecule has 1 aromatic carbocycles. The van der Waals surface area contributed by atoms with E-state index < -0.39 is 30.2 Å². The highest BCUT2D eigenvalue weighted by Crippen LogP contribution is 2.31. The normalized spacial score (nSPS) is 10.4. The Morgan fingerprint density at radius 3 is 2.32 bits per heavy atom. The van der Waals surface area contributed by atoms with Crippen LogP contribution in [0.1, 0.15) is 29.8 Å². The molecule has 0 aliphatic carbocycles. The average Bonchev–Trinajstić information content (AvgIpc) is 3.04. The van der Waals surface area contributed by atoms with Gasteiger partial charge in [0.2, 0.25) is 0 Å². The largest absolute Gasteiger partial charge is 0.462 e. The topological polar surface area (TPSA) is 55.8 Å². The molecule has 1 aromatic heterocycles. The van der Waals surface area contributed by atoms with Gasteiger partial charge in [0.1, 0.15) is 16.6 Å². The first kappa shape index (κ1) is 18.9. The summed E-state index contributed by atoms with van der Waals surface area (Å²) in [4.78, 5) is 25.4. The SMILES string of the molecule is CCOC(=O)c1ccsc1N(Cc1c(F)cccc1F)C(=O)OCC. The van der Waals surface area contributed by atoms with Crippen LogP contribution in [-0.2, 0) is 16.0 Å². The fraction of sp³-hybridized carbons (Fsp3) is 0.294. The lowest BCUT2D eigenvalue weighted by molar-refractivity contribution is 0.0527. The number of hydrogen-bond acceptors (Lipinski definition) is 5. The molecule has 5 nitrogen and oxygen atoms in total. The van der Waals surface area contributed by atoms with Gasteiger partial charge in [-0.3, -0.25) is 4.90 Å². The third kappa shape index (κ3) is 4.33. The Hall–Kier alpha value is -2.48. The zero-order valence-corrected chi connectivity index (χ0v) is 14.6. The van der Waals surface area contributed by atoms with Gasteiger partial charge in [-0.1, -0.05) is 6.07 Å². The second kappa shape index (κ2) is 8.57. The molecule has 0 aliphatic heterocycles. The molecule has 134 valence electrons. The van der Waals surface area contributed by atoms with Crippen molar-refractivity contribution in [1.29, 1.82) is 0 Å². The maximum atomic E-state index is 14.0. The third-order valence-electron chi connectivity index (χ3n) is 3.25. The van der Waals surface area contributed by atoms with E-state index in [0.29, 0.717) is 0 Å². The summed E-state index contributed by atoms with van der Waals surface area (Å²) in [5, 5.41) is 1.80. The molecule has 0 aliphatic rings. The van der Waals surface area contributed by atoms with Gasteiger partial charge in [-0.05, 0) is 37.4 Å². The van der Waals surface area contributed by atoms with Gasteiger partial charge < -0.3 is 9.47 Å². The van der Waals surface area contributed by atoms with Crippen LogP contribution < -0.4 is 4.90 Å². The van der Waals surface area contributed by atoms with Gasteiger partial charge in [0.15, 0.2) is 0 Å². The van der Waals surface area contributed by atoms with Gasteiger partial charge in [0.25, 0.3) is 0 Å². The lowest BCUT2D eigenvalue weighted by Crippen LogP contribution is -2.32. The molecular formula is C17H17F2NO4S. The minimum absolute atomic E-state index is 0.0786. The van der Waals surface area contributed by atoms with Crippen molar-refractivity contribution in [2.45, 2.75) is 20.4 Å². The Morgan fingerprint density at radius 1 is 1.08 bits per heavy atom. The van der Waals surface area contributed by atoms with Crippen LogP contribution in [0.2, 0.25) is 0 Å². The lowest BCUT2D eigenvalue weighted by atomic mass is 10.2. The summed E-state index contributed by atoms with van der Waals surface area (Å²) in [5.74, 6) is -2.20. The van der Waals surface area contributed by atoms with Gasteiger partial charge in [-0.15, -0.1) is 11.3 Å². The van der Waals surface area contributed by atoms with Gasteiger partial charge in [0, 0.05) is 5.56 Å². The maximum Gasteiger partial charge on any atom is 0.415 e. The van der Waals surface area contributed by atoms with Crippen LogP contribution in [0.4, 0.5) is 18.6 Å². The van der Waals surface area contributed by atoms with E-state index in [1.807, 2.05) is 0 Å². The molecular weight excluding hydrogens is 352 g/mol. The summed E-state index contributed by atoms with van der Waals surface area (Å²) in [7, 11) is 0. The number of halogens is 2. The van der Waals surface area contributed by atoms with Gasteiger partial charge in [-0.2, -0.15) is 0 Å². The standard InChI is InChI=1S/C17H17F2NO4S/c1-3-23-16(21)11-8-9-25-15(11)20(17(22)24-4-2)10-12-13(18)6-5-7-14(12)19/h5-9H,3-4,10H2,1-2H3. The van der Waals surface area contributed by atoms with E-state index in [2.05, 4.69) is 0 Å². The highest BCUT2D eigenvalue weighted by atomic mass is 32.1. The number of hydrogen-bond donors (Lipinski definition) is 0. The number of anilines is 1. The molecule has 0 saturated heterocycles. The van der Waals surface area contributed by atoms with Crippen molar-refractivity contribution in [3.05, 3.63) is 52.4 Å². The predicted octanol–water partition coefficient (Wildman–Crippen LogP) is 4.37. The van der Waals surface area contributed by atoms with Crippen molar-refractivity contribution in [3.8, 4) is 0 Å². The summed E-state index contributed by atoms with van der Waals surface area (Å²) in [6.45, 7) is 3.09. The number of ether oxygens (including phenoxy) is 2. The van der Waals surface area contributed by atoms with E-state index in [9.17, 15) is 18.4 Å². The summed E-state index contributed by atoms with van der Waals surface area (Å²) in [6.07, 6.45) is -0.807. The Bertz CT molecular complexity index is 743. The summed E-state index contributed by atoms with van der Waals surface area (Å²) < 4.78 is 37.9. The number of esters is 1. The molecule has 0 radical (unpaired) electrons. The Balaban J connectivity index is 2.43. The van der Waals surface area contributed by atoms with Gasteiger partial charge in [0.05, 0.1) is 25.3 Å². The van der Waals surface area contributed by atoms with E-state index in [4.69, 9.17) is 9.47 Å². The average molecular weight is 369 g/mol. The van der Waals surface area contributed by atoms with Gasteiger partial charge in [-0.25, -0.2) is 18.4 Å². The van der Waals surface area contributed by atoms with Crippen LogP contribution in [0.5, 0.6) is 0 Å². The molecule has 1 amide bonds. The van der Waals surface area contributed by atoms with E-state index in [0.717, 1.165) is 28.4 Å². The first-order chi connectivity index (χ1) is 12.0. The quantitative estimate of drug-likeness (QED) is 0.710. The molecule has 2 rings (SSSR count). The molecule has 2 aromatic rings. The van der Waals surface area contributed by atoms with Crippen molar-refractivity contribution in [1.82, 2.24) is 0 Å². The molecule has 0 N–H and O–H groups in total. The van der Waals surface area contributed by atoms with Crippen LogP contribution in [0.25, 0.3) is 0 Å².